The molecule has 0 aliphatic rings. The van der Waals surface area contributed by atoms with Crippen LogP contribution in [0.5, 0.6) is 0 Å². The van der Waals surface area contributed by atoms with Crippen molar-refractivity contribution in [3.8, 4) is 0 Å². The average molecular weight is 459 g/mol. The molecule has 0 N–H and O–H groups in total. The van der Waals surface area contributed by atoms with E-state index in [-0.39, 0.29) is 10.2 Å². The summed E-state index contributed by atoms with van der Waals surface area (Å²) in [7, 11) is 0. The van der Waals surface area contributed by atoms with Crippen LogP contribution < -0.4 is 0 Å². The van der Waals surface area contributed by atoms with Crippen LogP contribution in [0.3, 0.4) is 0 Å². The normalized spacial score (nSPS) is 10.6. The highest BCUT2D eigenvalue weighted by molar-refractivity contribution is 8.14. The maximum Gasteiger partial charge on any atom is 0.224 e. The molecule has 0 spiro atoms. The smallest absolute Gasteiger partial charge is 0.224 e. The molecule has 0 bridgehead atoms. The van der Waals surface area contributed by atoms with Crippen LogP contribution in [0.25, 0.3) is 0 Å². The van der Waals surface area contributed by atoms with Gasteiger partial charge in [-0.2, -0.15) is 0 Å². The summed E-state index contributed by atoms with van der Waals surface area (Å²) in [5.41, 5.74) is 1.41. The van der Waals surface area contributed by atoms with Gasteiger partial charge < -0.3 is 0 Å². The topological polar surface area (TPSA) is 34.1 Å². The Bertz CT molecular complexity index is 1060. The van der Waals surface area contributed by atoms with E-state index in [9.17, 15) is 9.59 Å². The molecule has 0 heterocycles. The van der Waals surface area contributed by atoms with Crippen molar-refractivity contribution in [2.75, 3.05) is 0 Å². The van der Waals surface area contributed by atoms with Crippen LogP contribution in [-0.4, -0.2) is 10.2 Å². The molecule has 0 atom stereocenters. The molecule has 0 radical (unpaired) electrons. The van der Waals surface area contributed by atoms with Gasteiger partial charge >= 0.3 is 0 Å². The minimum atomic E-state index is 0.0409. The Labute approximate surface area is 194 Å². The van der Waals surface area contributed by atoms with Gasteiger partial charge in [0.25, 0.3) is 0 Å². The minimum absolute atomic E-state index is 0.0409. The second-order valence-corrected chi connectivity index (χ2v) is 9.80. The molecule has 5 heteroatoms. The number of rotatable bonds is 6. The third kappa shape index (κ3) is 6.14. The standard InChI is InChI=1S/C26H18O2S3/c27-25(19-7-3-1-4-8-19)30-23-15-11-21(12-16-23)29-22-13-17-24(18-14-22)31-26(28)20-9-5-2-6-10-20/h1-18H. The van der Waals surface area contributed by atoms with Crippen molar-refractivity contribution in [2.24, 2.45) is 0 Å². The zero-order valence-electron chi connectivity index (χ0n) is 16.4. The summed E-state index contributed by atoms with van der Waals surface area (Å²) in [6, 6.07) is 34.6. The van der Waals surface area contributed by atoms with Gasteiger partial charge in [0.1, 0.15) is 0 Å². The summed E-state index contributed by atoms with van der Waals surface area (Å²) < 4.78 is 0. The summed E-state index contributed by atoms with van der Waals surface area (Å²) in [5, 5.41) is 0.0817. The van der Waals surface area contributed by atoms with E-state index in [4.69, 9.17) is 0 Å². The Balaban J connectivity index is 1.34. The highest BCUT2D eigenvalue weighted by Gasteiger charge is 2.09. The Morgan fingerprint density at radius 1 is 0.419 bits per heavy atom. The number of benzene rings is 4. The molecule has 0 unspecified atom stereocenters. The second-order valence-electron chi connectivity index (χ2n) is 6.56. The van der Waals surface area contributed by atoms with Crippen molar-refractivity contribution in [3.05, 3.63) is 120 Å². The van der Waals surface area contributed by atoms with E-state index in [1.54, 1.807) is 11.8 Å². The number of carbonyl (C=O) groups is 2. The van der Waals surface area contributed by atoms with Crippen molar-refractivity contribution < 1.29 is 9.59 Å². The third-order valence-corrected chi connectivity index (χ3v) is 7.20. The summed E-state index contributed by atoms with van der Waals surface area (Å²) in [4.78, 5) is 28.7. The minimum Gasteiger partial charge on any atom is -0.281 e. The van der Waals surface area contributed by atoms with Gasteiger partial charge in [0.05, 0.1) is 0 Å². The molecule has 31 heavy (non-hydrogen) atoms. The highest BCUT2D eigenvalue weighted by Crippen LogP contribution is 2.32. The van der Waals surface area contributed by atoms with Gasteiger partial charge in [-0.05, 0) is 72.1 Å². The van der Waals surface area contributed by atoms with E-state index in [1.807, 2.05) is 109 Å². The molecule has 0 amide bonds. The fourth-order valence-corrected chi connectivity index (χ4v) is 5.06. The largest absolute Gasteiger partial charge is 0.281 e. The van der Waals surface area contributed by atoms with E-state index < -0.39 is 0 Å². The molecular weight excluding hydrogens is 440 g/mol. The monoisotopic (exact) mass is 458 g/mol. The molecule has 0 aromatic heterocycles. The number of hydrogen-bond acceptors (Lipinski definition) is 5. The lowest BCUT2D eigenvalue weighted by atomic mass is 10.2. The molecule has 152 valence electrons. The third-order valence-electron chi connectivity index (χ3n) is 4.32. The van der Waals surface area contributed by atoms with E-state index in [0.29, 0.717) is 11.1 Å². The molecule has 2 nitrogen and oxygen atoms in total. The Hall–Kier alpha value is -2.73. The maximum absolute atomic E-state index is 12.3. The van der Waals surface area contributed by atoms with E-state index in [1.165, 1.54) is 23.5 Å². The summed E-state index contributed by atoms with van der Waals surface area (Å²) in [6.07, 6.45) is 0. The van der Waals surface area contributed by atoms with Crippen LogP contribution in [0.1, 0.15) is 20.7 Å². The van der Waals surface area contributed by atoms with Crippen molar-refractivity contribution in [2.45, 2.75) is 19.6 Å². The molecule has 0 saturated heterocycles. The lowest BCUT2D eigenvalue weighted by Gasteiger charge is -2.05. The first kappa shape index (κ1) is 21.5. The van der Waals surface area contributed by atoms with E-state index >= 15 is 0 Å². The molecular formula is C26H18O2S3. The Morgan fingerprint density at radius 2 is 0.742 bits per heavy atom. The Morgan fingerprint density at radius 3 is 1.10 bits per heavy atom. The van der Waals surface area contributed by atoms with Gasteiger partial charge in [-0.1, -0.05) is 72.4 Å². The van der Waals surface area contributed by atoms with Crippen LogP contribution in [0.15, 0.2) is 129 Å². The number of carbonyl (C=O) groups excluding carboxylic acids is 2. The predicted molar refractivity (Wildman–Crippen MR) is 130 cm³/mol. The average Bonchev–Trinajstić information content (AvgIpc) is 2.82. The van der Waals surface area contributed by atoms with Gasteiger partial charge in [-0.15, -0.1) is 0 Å². The Kier molecular flexibility index (Phi) is 7.30. The zero-order valence-corrected chi connectivity index (χ0v) is 18.9. The van der Waals surface area contributed by atoms with E-state index in [0.717, 1.165) is 19.6 Å². The van der Waals surface area contributed by atoms with Gasteiger partial charge in [0.15, 0.2) is 0 Å². The first-order chi connectivity index (χ1) is 15.2. The summed E-state index contributed by atoms with van der Waals surface area (Å²) in [5.74, 6) is 0. The van der Waals surface area contributed by atoms with Crippen molar-refractivity contribution in [1.82, 2.24) is 0 Å². The van der Waals surface area contributed by atoms with Gasteiger partial charge in [0, 0.05) is 30.7 Å². The van der Waals surface area contributed by atoms with Crippen molar-refractivity contribution in [3.63, 3.8) is 0 Å². The second kappa shape index (κ2) is 10.5. The van der Waals surface area contributed by atoms with E-state index in [2.05, 4.69) is 0 Å². The van der Waals surface area contributed by atoms with Crippen LogP contribution >= 0.6 is 35.3 Å². The van der Waals surface area contributed by atoms with Crippen LogP contribution in [0.2, 0.25) is 0 Å². The van der Waals surface area contributed by atoms with Crippen molar-refractivity contribution >= 4 is 45.5 Å². The van der Waals surface area contributed by atoms with Crippen LogP contribution in [-0.2, 0) is 0 Å². The van der Waals surface area contributed by atoms with Crippen LogP contribution in [0.4, 0.5) is 0 Å². The van der Waals surface area contributed by atoms with Gasteiger partial charge in [-0.25, -0.2) is 0 Å². The van der Waals surface area contributed by atoms with Crippen molar-refractivity contribution in [1.29, 1.82) is 0 Å². The summed E-state index contributed by atoms with van der Waals surface area (Å²) >= 11 is 4.12. The fraction of sp³-hybridized carbons (Fsp3) is 0. The first-order valence-corrected chi connectivity index (χ1v) is 12.0. The van der Waals surface area contributed by atoms with Crippen LogP contribution in [0, 0.1) is 0 Å². The zero-order chi connectivity index (χ0) is 21.5. The molecule has 0 aliphatic carbocycles. The molecule has 0 saturated carbocycles. The first-order valence-electron chi connectivity index (χ1n) is 9.60. The lowest BCUT2D eigenvalue weighted by molar-refractivity contribution is 0.108. The quantitative estimate of drug-likeness (QED) is 0.277. The summed E-state index contributed by atoms with van der Waals surface area (Å²) in [6.45, 7) is 0. The number of thioether (sulfide) groups is 2. The molecule has 4 rings (SSSR count). The predicted octanol–water partition coefficient (Wildman–Crippen LogP) is 7.70. The molecule has 4 aromatic rings. The highest BCUT2D eigenvalue weighted by atomic mass is 32.2. The fourth-order valence-electron chi connectivity index (χ4n) is 2.77. The maximum atomic E-state index is 12.3. The molecule has 0 aliphatic heterocycles. The molecule has 4 aromatic carbocycles. The number of hydrogen-bond donors (Lipinski definition) is 0. The molecule has 0 fully saturated rings. The van der Waals surface area contributed by atoms with Gasteiger partial charge in [0.2, 0.25) is 10.2 Å². The van der Waals surface area contributed by atoms with Gasteiger partial charge in [-0.3, -0.25) is 9.59 Å². The lowest BCUT2D eigenvalue weighted by Crippen LogP contribution is -1.92. The SMILES string of the molecule is O=C(Sc1ccc(Sc2ccc(SC(=O)c3ccccc3)cc2)cc1)c1ccccc1.